The Kier molecular flexibility index (Phi) is 5.05. The van der Waals surface area contributed by atoms with Crippen LogP contribution in [-0.2, 0) is 25.5 Å². The Balaban J connectivity index is 2.30. The minimum absolute atomic E-state index is 0.216. The third kappa shape index (κ3) is 3.47. The molecule has 140 valence electrons. The molecule has 1 aromatic carbocycles. The maximum Gasteiger partial charge on any atom is 0.306 e. The van der Waals surface area contributed by atoms with Crippen LogP contribution in [0.1, 0.15) is 42.9 Å². The summed E-state index contributed by atoms with van der Waals surface area (Å²) in [6, 6.07) is 3.95. The van der Waals surface area contributed by atoms with Crippen molar-refractivity contribution >= 4 is 37.5 Å². The molecule has 1 aliphatic heterocycles. The van der Waals surface area contributed by atoms with Crippen molar-refractivity contribution in [3.63, 3.8) is 0 Å². The van der Waals surface area contributed by atoms with E-state index in [4.69, 9.17) is 4.18 Å². The van der Waals surface area contributed by atoms with Crippen molar-refractivity contribution < 1.29 is 17.4 Å². The number of halogens is 1. The van der Waals surface area contributed by atoms with Gasteiger partial charge in [-0.05, 0) is 49.8 Å². The van der Waals surface area contributed by atoms with Crippen LogP contribution in [0.5, 0.6) is 0 Å². The Labute approximate surface area is 162 Å². The molecule has 1 aliphatic carbocycles. The third-order valence-corrected chi connectivity index (χ3v) is 5.89. The number of carbonyl (C=O) groups excluding carboxylic acids is 1. The van der Waals surface area contributed by atoms with Crippen LogP contribution in [-0.4, -0.2) is 26.1 Å². The highest BCUT2D eigenvalue weighted by atomic mass is 79.9. The van der Waals surface area contributed by atoms with Crippen LogP contribution in [0.2, 0.25) is 0 Å². The van der Waals surface area contributed by atoms with E-state index in [1.54, 1.807) is 0 Å². The SMILES string of the molecule is CCc1cc(C)cc(Br)c1C1=C(OS(C)(=O)=O)C2(CC=CCC2)NC1=O. The molecule has 1 heterocycles. The van der Waals surface area contributed by atoms with Gasteiger partial charge in [-0.15, -0.1) is 0 Å². The molecule has 1 aromatic rings. The van der Waals surface area contributed by atoms with Crippen LogP contribution in [0.3, 0.4) is 0 Å². The maximum absolute atomic E-state index is 13.0. The second-order valence-corrected chi connectivity index (χ2v) is 9.31. The second kappa shape index (κ2) is 6.85. The number of rotatable bonds is 4. The molecule has 26 heavy (non-hydrogen) atoms. The van der Waals surface area contributed by atoms with Crippen LogP contribution >= 0.6 is 15.9 Å². The Morgan fingerprint density at radius 2 is 2.04 bits per heavy atom. The highest BCUT2D eigenvalue weighted by molar-refractivity contribution is 9.10. The van der Waals surface area contributed by atoms with Crippen molar-refractivity contribution in [1.29, 1.82) is 0 Å². The fourth-order valence-electron chi connectivity index (χ4n) is 3.71. The predicted octanol–water partition coefficient (Wildman–Crippen LogP) is 3.62. The minimum Gasteiger partial charge on any atom is -0.384 e. The highest BCUT2D eigenvalue weighted by Crippen LogP contribution is 2.44. The average Bonchev–Trinajstić information content (AvgIpc) is 2.77. The number of hydrogen-bond donors (Lipinski definition) is 1. The molecule has 7 heteroatoms. The van der Waals surface area contributed by atoms with Gasteiger partial charge >= 0.3 is 10.1 Å². The monoisotopic (exact) mass is 439 g/mol. The molecular formula is C19H22BrNO4S. The van der Waals surface area contributed by atoms with E-state index in [0.29, 0.717) is 30.4 Å². The molecule has 0 saturated carbocycles. The number of carbonyl (C=O) groups is 1. The van der Waals surface area contributed by atoms with Crippen LogP contribution in [0.15, 0.2) is 34.5 Å². The summed E-state index contributed by atoms with van der Waals surface area (Å²) in [6.45, 7) is 3.99. The Hall–Kier alpha value is -1.60. The maximum atomic E-state index is 13.0. The molecule has 1 unspecified atom stereocenters. The summed E-state index contributed by atoms with van der Waals surface area (Å²) in [5, 5.41) is 3.01. The lowest BCUT2D eigenvalue weighted by molar-refractivity contribution is -0.116. The molecule has 0 fully saturated rings. The zero-order valence-corrected chi connectivity index (χ0v) is 17.5. The molecule has 5 nitrogen and oxygen atoms in total. The zero-order valence-electron chi connectivity index (χ0n) is 15.1. The Bertz CT molecular complexity index is 933. The first-order valence-electron chi connectivity index (χ1n) is 8.58. The van der Waals surface area contributed by atoms with Gasteiger partial charge in [0.15, 0.2) is 5.76 Å². The first-order valence-corrected chi connectivity index (χ1v) is 11.2. The van der Waals surface area contributed by atoms with Crippen molar-refractivity contribution in [2.24, 2.45) is 0 Å². The first-order chi connectivity index (χ1) is 12.2. The molecule has 1 atom stereocenters. The van der Waals surface area contributed by atoms with Crippen molar-refractivity contribution in [2.75, 3.05) is 6.26 Å². The van der Waals surface area contributed by atoms with Crippen LogP contribution in [0.25, 0.3) is 5.57 Å². The number of aryl methyl sites for hydroxylation is 2. The van der Waals surface area contributed by atoms with E-state index in [2.05, 4.69) is 21.2 Å². The number of hydrogen-bond acceptors (Lipinski definition) is 4. The second-order valence-electron chi connectivity index (χ2n) is 6.88. The molecular weight excluding hydrogens is 418 g/mol. The summed E-state index contributed by atoms with van der Waals surface area (Å²) in [6.07, 6.45) is 7.59. The van der Waals surface area contributed by atoms with Crippen LogP contribution < -0.4 is 5.32 Å². The summed E-state index contributed by atoms with van der Waals surface area (Å²) in [5.74, 6) is -0.0770. The first kappa shape index (κ1) is 19.2. The molecule has 0 aromatic heterocycles. The van der Waals surface area contributed by atoms with E-state index in [1.165, 1.54) is 0 Å². The minimum atomic E-state index is -3.78. The predicted molar refractivity (Wildman–Crippen MR) is 105 cm³/mol. The largest absolute Gasteiger partial charge is 0.384 e. The fourth-order valence-corrected chi connectivity index (χ4v) is 5.07. The highest BCUT2D eigenvalue weighted by Gasteiger charge is 2.48. The van der Waals surface area contributed by atoms with E-state index in [0.717, 1.165) is 28.3 Å². The number of amides is 1. The number of benzene rings is 1. The van der Waals surface area contributed by atoms with E-state index >= 15 is 0 Å². The summed E-state index contributed by atoms with van der Waals surface area (Å²) in [7, 11) is -3.78. The van der Waals surface area contributed by atoms with Gasteiger partial charge in [0.1, 0.15) is 5.54 Å². The lowest BCUT2D eigenvalue weighted by Crippen LogP contribution is -2.45. The van der Waals surface area contributed by atoms with E-state index in [-0.39, 0.29) is 11.7 Å². The van der Waals surface area contributed by atoms with Gasteiger partial charge in [0.25, 0.3) is 5.91 Å². The number of nitrogens with one attached hydrogen (secondary N) is 1. The Morgan fingerprint density at radius 1 is 1.31 bits per heavy atom. The molecule has 2 aliphatic rings. The summed E-state index contributed by atoms with van der Waals surface area (Å²) in [4.78, 5) is 13.0. The van der Waals surface area contributed by atoms with E-state index in [1.807, 2.05) is 38.1 Å². The summed E-state index contributed by atoms with van der Waals surface area (Å²) in [5.41, 5.74) is 2.26. The van der Waals surface area contributed by atoms with Gasteiger partial charge in [0.2, 0.25) is 0 Å². The van der Waals surface area contributed by atoms with Crippen molar-refractivity contribution in [1.82, 2.24) is 5.32 Å². The Morgan fingerprint density at radius 3 is 2.62 bits per heavy atom. The van der Waals surface area contributed by atoms with Gasteiger partial charge in [-0.25, -0.2) is 0 Å². The summed E-state index contributed by atoms with van der Waals surface area (Å²) >= 11 is 3.56. The lowest BCUT2D eigenvalue weighted by atomic mass is 9.83. The summed E-state index contributed by atoms with van der Waals surface area (Å²) < 4.78 is 30.1. The topological polar surface area (TPSA) is 72.5 Å². The average molecular weight is 440 g/mol. The quantitative estimate of drug-likeness (QED) is 0.574. The van der Waals surface area contributed by atoms with E-state index < -0.39 is 15.7 Å². The zero-order chi connectivity index (χ0) is 19.1. The molecule has 0 bridgehead atoms. The van der Waals surface area contributed by atoms with Gasteiger partial charge in [0.05, 0.1) is 11.8 Å². The standard InChI is InChI=1S/C19H22BrNO4S/c1-4-13-10-12(2)11-14(20)15(13)16-17(25-26(3,23)24)19(21-18(16)22)8-6-5-7-9-19/h5-6,10-11H,4,7-9H2,1-3H3,(H,21,22). The van der Waals surface area contributed by atoms with E-state index in [9.17, 15) is 13.2 Å². The van der Waals surface area contributed by atoms with Crippen molar-refractivity contribution in [3.8, 4) is 0 Å². The smallest absolute Gasteiger partial charge is 0.306 e. The van der Waals surface area contributed by atoms with Gasteiger partial charge in [0, 0.05) is 10.0 Å². The lowest BCUT2D eigenvalue weighted by Gasteiger charge is -2.32. The van der Waals surface area contributed by atoms with Gasteiger partial charge in [-0.3, -0.25) is 4.79 Å². The molecule has 1 amide bonds. The fraction of sp³-hybridized carbons (Fsp3) is 0.421. The van der Waals surface area contributed by atoms with Crippen LogP contribution in [0.4, 0.5) is 0 Å². The molecule has 1 N–H and O–H groups in total. The molecule has 0 radical (unpaired) electrons. The normalized spacial score (nSPS) is 22.8. The molecule has 3 rings (SSSR count). The van der Waals surface area contributed by atoms with Gasteiger partial charge < -0.3 is 9.50 Å². The van der Waals surface area contributed by atoms with Gasteiger partial charge in [-0.1, -0.05) is 41.1 Å². The molecule has 0 saturated heterocycles. The van der Waals surface area contributed by atoms with Crippen LogP contribution in [0, 0.1) is 6.92 Å². The molecule has 1 spiro atoms. The third-order valence-electron chi connectivity index (χ3n) is 4.79. The van der Waals surface area contributed by atoms with Gasteiger partial charge in [-0.2, -0.15) is 8.42 Å². The van der Waals surface area contributed by atoms with Crippen molar-refractivity contribution in [3.05, 3.63) is 51.2 Å². The van der Waals surface area contributed by atoms with Crippen molar-refractivity contribution in [2.45, 2.75) is 45.1 Å². The number of allylic oxidation sites excluding steroid dienone is 1.